The van der Waals surface area contributed by atoms with Crippen molar-refractivity contribution in [3.8, 4) is 5.75 Å². The molecule has 0 aliphatic carbocycles. The quantitative estimate of drug-likeness (QED) is 0.250. The van der Waals surface area contributed by atoms with Crippen LogP contribution in [0.5, 0.6) is 5.75 Å². The van der Waals surface area contributed by atoms with E-state index in [0.29, 0.717) is 27.5 Å². The standard InChI is InChI=1S/C25H19N5O2S/c26-23(27)20-14-17-18(9-4-10-19(17)33-20)32-22(16-6-2-1-3-7-16)25(31)30-24-21-15(11-13-29-24)8-5-12-28-21/h1-14,22H,(H3,26,27)(H,29,30,31). The van der Waals surface area contributed by atoms with E-state index in [-0.39, 0.29) is 11.7 Å². The van der Waals surface area contributed by atoms with Crippen molar-refractivity contribution in [2.24, 2.45) is 5.73 Å². The number of carbonyl (C=O) groups is 1. The van der Waals surface area contributed by atoms with Gasteiger partial charge in [0.05, 0.1) is 4.88 Å². The van der Waals surface area contributed by atoms with Gasteiger partial charge >= 0.3 is 0 Å². The molecule has 3 aromatic heterocycles. The number of anilines is 1. The van der Waals surface area contributed by atoms with Crippen molar-refractivity contribution in [2.45, 2.75) is 6.10 Å². The molecule has 0 spiro atoms. The van der Waals surface area contributed by atoms with E-state index in [9.17, 15) is 4.79 Å². The van der Waals surface area contributed by atoms with Crippen molar-refractivity contribution in [3.05, 3.63) is 95.6 Å². The van der Waals surface area contributed by atoms with E-state index < -0.39 is 6.10 Å². The number of nitrogens with one attached hydrogen (secondary N) is 2. The highest BCUT2D eigenvalue weighted by Crippen LogP contribution is 2.35. The molecular formula is C25H19N5O2S. The van der Waals surface area contributed by atoms with Gasteiger partial charge in [-0.15, -0.1) is 11.3 Å². The minimum Gasteiger partial charge on any atom is -0.475 e. The van der Waals surface area contributed by atoms with Crippen molar-refractivity contribution in [3.63, 3.8) is 0 Å². The number of rotatable bonds is 6. The van der Waals surface area contributed by atoms with E-state index in [1.54, 1.807) is 18.5 Å². The largest absolute Gasteiger partial charge is 0.475 e. The van der Waals surface area contributed by atoms with E-state index in [4.69, 9.17) is 15.9 Å². The Labute approximate surface area is 193 Å². The van der Waals surface area contributed by atoms with Crippen LogP contribution in [0.15, 0.2) is 85.2 Å². The van der Waals surface area contributed by atoms with Crippen LogP contribution in [0, 0.1) is 5.41 Å². The number of carbonyl (C=O) groups excluding carboxylic acids is 1. The van der Waals surface area contributed by atoms with Crippen molar-refractivity contribution >= 4 is 49.9 Å². The zero-order valence-corrected chi connectivity index (χ0v) is 18.2. The predicted octanol–water partition coefficient (Wildman–Crippen LogP) is 4.89. The third kappa shape index (κ3) is 4.11. The van der Waals surface area contributed by atoms with Gasteiger partial charge in [-0.05, 0) is 30.3 Å². The average molecular weight is 454 g/mol. The lowest BCUT2D eigenvalue weighted by Gasteiger charge is -2.20. The maximum Gasteiger partial charge on any atom is 0.271 e. The number of ether oxygens (including phenoxy) is 1. The second kappa shape index (κ2) is 8.68. The molecule has 8 heteroatoms. The van der Waals surface area contributed by atoms with E-state index >= 15 is 0 Å². The third-order valence-electron chi connectivity index (χ3n) is 5.13. The Morgan fingerprint density at radius 1 is 1.00 bits per heavy atom. The van der Waals surface area contributed by atoms with Crippen LogP contribution in [0.1, 0.15) is 16.5 Å². The average Bonchev–Trinajstić information content (AvgIpc) is 3.29. The van der Waals surface area contributed by atoms with Gasteiger partial charge in [0, 0.05) is 33.4 Å². The van der Waals surface area contributed by atoms with E-state index in [0.717, 1.165) is 15.5 Å². The molecule has 33 heavy (non-hydrogen) atoms. The van der Waals surface area contributed by atoms with Crippen molar-refractivity contribution < 1.29 is 9.53 Å². The van der Waals surface area contributed by atoms with Gasteiger partial charge in [0.1, 0.15) is 17.1 Å². The fraction of sp³-hybridized carbons (Fsp3) is 0.0400. The Bertz CT molecular complexity index is 1480. The molecule has 3 heterocycles. The lowest BCUT2D eigenvalue weighted by molar-refractivity contribution is -0.123. The van der Waals surface area contributed by atoms with Gasteiger partial charge in [0.15, 0.2) is 5.82 Å². The van der Waals surface area contributed by atoms with Gasteiger partial charge in [-0.2, -0.15) is 0 Å². The van der Waals surface area contributed by atoms with Crippen molar-refractivity contribution in [1.82, 2.24) is 9.97 Å². The summed E-state index contributed by atoms with van der Waals surface area (Å²) < 4.78 is 7.21. The minimum atomic E-state index is -0.932. The van der Waals surface area contributed by atoms with Crippen LogP contribution >= 0.6 is 11.3 Å². The molecule has 0 aliphatic rings. The zero-order chi connectivity index (χ0) is 22.8. The Morgan fingerprint density at radius 2 is 1.85 bits per heavy atom. The molecule has 0 fully saturated rings. The van der Waals surface area contributed by atoms with Crippen LogP contribution in [0.4, 0.5) is 5.82 Å². The fourth-order valence-electron chi connectivity index (χ4n) is 3.57. The monoisotopic (exact) mass is 453 g/mol. The maximum atomic E-state index is 13.5. The number of amides is 1. The van der Waals surface area contributed by atoms with Crippen LogP contribution < -0.4 is 15.8 Å². The summed E-state index contributed by atoms with van der Waals surface area (Å²) in [6.45, 7) is 0. The normalized spacial score (nSPS) is 11.9. The molecule has 0 radical (unpaired) electrons. The topological polar surface area (TPSA) is 114 Å². The maximum absolute atomic E-state index is 13.5. The number of benzene rings is 2. The highest BCUT2D eigenvalue weighted by atomic mass is 32.1. The van der Waals surface area contributed by atoms with Crippen molar-refractivity contribution in [2.75, 3.05) is 5.32 Å². The number of nitrogen functional groups attached to an aromatic ring is 1. The van der Waals surface area contributed by atoms with Gasteiger partial charge in [0.2, 0.25) is 6.10 Å². The molecule has 0 saturated carbocycles. The van der Waals surface area contributed by atoms with E-state index in [1.165, 1.54) is 11.3 Å². The Kier molecular flexibility index (Phi) is 5.42. The molecule has 5 aromatic rings. The highest BCUT2D eigenvalue weighted by molar-refractivity contribution is 7.20. The molecule has 4 N–H and O–H groups in total. The summed E-state index contributed by atoms with van der Waals surface area (Å²) in [6.07, 6.45) is 2.36. The molecule has 1 unspecified atom stereocenters. The SMILES string of the molecule is N=C(N)c1cc2c(OC(C(=O)Nc3nccc4cccnc34)c3ccccc3)cccc2s1. The summed E-state index contributed by atoms with van der Waals surface area (Å²) in [7, 11) is 0. The van der Waals surface area contributed by atoms with Crippen LogP contribution in [-0.2, 0) is 4.79 Å². The number of nitrogens with zero attached hydrogens (tertiary/aromatic N) is 2. The van der Waals surface area contributed by atoms with Gasteiger partial charge in [-0.3, -0.25) is 15.2 Å². The molecule has 0 aliphatic heterocycles. The molecule has 1 atom stereocenters. The number of amidine groups is 1. The van der Waals surface area contributed by atoms with Gasteiger partial charge < -0.3 is 15.8 Å². The molecule has 0 bridgehead atoms. The Morgan fingerprint density at radius 3 is 2.67 bits per heavy atom. The van der Waals surface area contributed by atoms with Crippen molar-refractivity contribution in [1.29, 1.82) is 5.41 Å². The number of hydrogen-bond donors (Lipinski definition) is 3. The highest BCUT2D eigenvalue weighted by Gasteiger charge is 2.25. The van der Waals surface area contributed by atoms with Crippen LogP contribution in [-0.4, -0.2) is 21.7 Å². The summed E-state index contributed by atoms with van der Waals surface area (Å²) >= 11 is 1.41. The van der Waals surface area contributed by atoms with Gasteiger partial charge in [0.25, 0.3) is 5.91 Å². The summed E-state index contributed by atoms with van der Waals surface area (Å²) in [5.74, 6) is 0.527. The number of pyridine rings is 2. The first-order valence-electron chi connectivity index (χ1n) is 10.2. The van der Waals surface area contributed by atoms with Crippen LogP contribution in [0.3, 0.4) is 0 Å². The second-order valence-corrected chi connectivity index (χ2v) is 8.41. The number of nitrogens with two attached hydrogens (primary N) is 1. The molecule has 0 saturated heterocycles. The number of thiophene rings is 1. The smallest absolute Gasteiger partial charge is 0.271 e. The van der Waals surface area contributed by atoms with Gasteiger partial charge in [-0.25, -0.2) is 4.98 Å². The first-order valence-corrected chi connectivity index (χ1v) is 11.0. The van der Waals surface area contributed by atoms with Crippen LogP contribution in [0.2, 0.25) is 0 Å². The number of aromatic nitrogens is 2. The Balaban J connectivity index is 1.53. The lowest BCUT2D eigenvalue weighted by atomic mass is 10.1. The molecule has 1 amide bonds. The molecular weight excluding hydrogens is 434 g/mol. The molecule has 5 rings (SSSR count). The summed E-state index contributed by atoms with van der Waals surface area (Å²) in [6, 6.07) is 22.3. The summed E-state index contributed by atoms with van der Waals surface area (Å²) in [5.41, 5.74) is 6.97. The van der Waals surface area contributed by atoms with Gasteiger partial charge in [-0.1, -0.05) is 42.5 Å². The molecule has 162 valence electrons. The number of fused-ring (bicyclic) bond motifs is 2. The van der Waals surface area contributed by atoms with E-state index in [1.807, 2.05) is 66.7 Å². The zero-order valence-electron chi connectivity index (χ0n) is 17.4. The second-order valence-electron chi connectivity index (χ2n) is 7.32. The summed E-state index contributed by atoms with van der Waals surface area (Å²) in [4.78, 5) is 22.8. The molecule has 2 aromatic carbocycles. The van der Waals surface area contributed by atoms with E-state index in [2.05, 4.69) is 15.3 Å². The number of hydrogen-bond acceptors (Lipinski definition) is 6. The fourth-order valence-corrected chi connectivity index (χ4v) is 4.51. The summed E-state index contributed by atoms with van der Waals surface area (Å²) in [5, 5.41) is 12.3. The molecule has 7 nitrogen and oxygen atoms in total. The lowest BCUT2D eigenvalue weighted by Crippen LogP contribution is -2.26. The minimum absolute atomic E-state index is 0.00553. The first-order chi connectivity index (χ1) is 16.1. The van der Waals surface area contributed by atoms with Crippen LogP contribution in [0.25, 0.3) is 21.0 Å². The Hall–Kier alpha value is -4.30. The predicted molar refractivity (Wildman–Crippen MR) is 131 cm³/mol. The third-order valence-corrected chi connectivity index (χ3v) is 6.27. The first kappa shape index (κ1) is 20.6.